The summed E-state index contributed by atoms with van der Waals surface area (Å²) >= 11 is 0. The van der Waals surface area contributed by atoms with Gasteiger partial charge in [-0.05, 0) is 31.9 Å². The maximum atomic E-state index is 12.2. The van der Waals surface area contributed by atoms with Gasteiger partial charge in [0.2, 0.25) is 5.91 Å². The Balaban J connectivity index is 2.00. The van der Waals surface area contributed by atoms with Crippen LogP contribution in [0.1, 0.15) is 31.9 Å². The minimum Gasteiger partial charge on any atom is -0.380 e. The molecule has 0 atom stereocenters. The predicted molar refractivity (Wildman–Crippen MR) is 94.1 cm³/mol. The molecule has 126 valence electrons. The monoisotopic (exact) mass is 316 g/mol. The smallest absolute Gasteiger partial charge is 0.237 e. The van der Waals surface area contributed by atoms with Crippen molar-refractivity contribution in [3.8, 4) is 0 Å². The third kappa shape index (κ3) is 4.91. The van der Waals surface area contributed by atoms with Gasteiger partial charge in [-0.1, -0.05) is 35.9 Å². The summed E-state index contributed by atoms with van der Waals surface area (Å²) in [6.45, 7) is 10.0. The molecular formula is C19H28N2O2. The third-order valence-electron chi connectivity index (χ3n) is 4.19. The molecule has 1 fully saturated rings. The Morgan fingerprint density at radius 3 is 2.70 bits per heavy atom. The van der Waals surface area contributed by atoms with E-state index in [-0.39, 0.29) is 5.91 Å². The number of rotatable bonds is 6. The van der Waals surface area contributed by atoms with Gasteiger partial charge in [-0.15, -0.1) is 0 Å². The van der Waals surface area contributed by atoms with E-state index >= 15 is 0 Å². The zero-order chi connectivity index (χ0) is 16.8. The van der Waals surface area contributed by atoms with Crippen LogP contribution in [-0.4, -0.2) is 55.0 Å². The van der Waals surface area contributed by atoms with Crippen LogP contribution in [0.2, 0.25) is 0 Å². The van der Waals surface area contributed by atoms with Gasteiger partial charge in [-0.3, -0.25) is 9.69 Å². The molecule has 1 heterocycles. The Hall–Kier alpha value is -1.65. The molecule has 4 heteroatoms. The van der Waals surface area contributed by atoms with E-state index in [9.17, 15) is 4.79 Å². The summed E-state index contributed by atoms with van der Waals surface area (Å²) in [5.74, 6) is 0.235. The molecule has 4 nitrogen and oxygen atoms in total. The number of methoxy groups -OCH3 is 1. The van der Waals surface area contributed by atoms with Crippen LogP contribution < -0.4 is 0 Å². The van der Waals surface area contributed by atoms with Gasteiger partial charge in [0.15, 0.2) is 0 Å². The zero-order valence-corrected chi connectivity index (χ0v) is 14.7. The molecule has 23 heavy (non-hydrogen) atoms. The van der Waals surface area contributed by atoms with Crippen molar-refractivity contribution in [1.82, 2.24) is 9.80 Å². The van der Waals surface area contributed by atoms with Gasteiger partial charge in [0.25, 0.3) is 0 Å². The number of nitrogens with zero attached hydrogens (tertiary/aromatic N) is 2. The molecule has 0 radical (unpaired) electrons. The molecule has 0 aliphatic carbocycles. The first-order valence-corrected chi connectivity index (χ1v) is 8.27. The SMILES string of the molecule is COCc1ccccc1/C=C(\C)CN1CCN(C(C)C)C(=O)C1. The number of carbonyl (C=O) groups is 1. The van der Waals surface area contributed by atoms with Gasteiger partial charge in [-0.2, -0.15) is 0 Å². The number of hydrogen-bond acceptors (Lipinski definition) is 3. The predicted octanol–water partition coefficient (Wildman–Crippen LogP) is 2.79. The second-order valence-corrected chi connectivity index (χ2v) is 6.51. The maximum Gasteiger partial charge on any atom is 0.237 e. The molecule has 1 amide bonds. The van der Waals surface area contributed by atoms with E-state index < -0.39 is 0 Å². The molecule has 0 N–H and O–H groups in total. The molecule has 1 aromatic rings. The lowest BCUT2D eigenvalue weighted by molar-refractivity contribution is -0.137. The van der Waals surface area contributed by atoms with E-state index in [4.69, 9.17) is 4.74 Å². The van der Waals surface area contributed by atoms with E-state index in [1.807, 2.05) is 17.0 Å². The van der Waals surface area contributed by atoms with Gasteiger partial charge in [0.05, 0.1) is 13.2 Å². The van der Waals surface area contributed by atoms with Crippen LogP contribution in [0.25, 0.3) is 6.08 Å². The lowest BCUT2D eigenvalue weighted by Gasteiger charge is -2.36. The molecule has 0 spiro atoms. The summed E-state index contributed by atoms with van der Waals surface area (Å²) < 4.78 is 5.26. The normalized spacial score (nSPS) is 17.2. The standard InChI is InChI=1S/C19H28N2O2/c1-15(2)21-10-9-20(13-19(21)22)12-16(3)11-17-7-5-6-8-18(17)14-23-4/h5-8,11,15H,9-10,12-14H2,1-4H3/b16-11+. The maximum absolute atomic E-state index is 12.2. The van der Waals surface area contributed by atoms with Crippen LogP contribution in [0, 0.1) is 0 Å². The zero-order valence-electron chi connectivity index (χ0n) is 14.7. The molecule has 0 saturated carbocycles. The molecule has 2 rings (SSSR count). The fourth-order valence-corrected chi connectivity index (χ4v) is 3.04. The highest BCUT2D eigenvalue weighted by molar-refractivity contribution is 5.79. The van der Waals surface area contributed by atoms with Crippen molar-refractivity contribution in [3.63, 3.8) is 0 Å². The molecule has 1 aliphatic heterocycles. The third-order valence-corrected chi connectivity index (χ3v) is 4.19. The van der Waals surface area contributed by atoms with E-state index in [0.29, 0.717) is 19.2 Å². The van der Waals surface area contributed by atoms with Crippen molar-refractivity contribution in [2.75, 3.05) is 33.3 Å². The Morgan fingerprint density at radius 2 is 2.04 bits per heavy atom. The van der Waals surface area contributed by atoms with E-state index in [0.717, 1.165) is 19.6 Å². The topological polar surface area (TPSA) is 32.8 Å². The van der Waals surface area contributed by atoms with Crippen molar-refractivity contribution in [2.24, 2.45) is 0 Å². The number of benzene rings is 1. The Kier molecular flexibility index (Phi) is 6.37. The van der Waals surface area contributed by atoms with Gasteiger partial charge in [-0.25, -0.2) is 0 Å². The fourth-order valence-electron chi connectivity index (χ4n) is 3.04. The Labute approximate surface area is 139 Å². The summed E-state index contributed by atoms with van der Waals surface area (Å²) in [6, 6.07) is 8.57. The van der Waals surface area contributed by atoms with Gasteiger partial charge in [0.1, 0.15) is 0 Å². The summed E-state index contributed by atoms with van der Waals surface area (Å²) in [7, 11) is 1.72. The van der Waals surface area contributed by atoms with E-state index in [2.05, 4.69) is 43.9 Å². The summed E-state index contributed by atoms with van der Waals surface area (Å²) in [4.78, 5) is 16.4. The summed E-state index contributed by atoms with van der Waals surface area (Å²) in [5.41, 5.74) is 3.65. The first kappa shape index (κ1) is 17.7. The largest absolute Gasteiger partial charge is 0.380 e. The van der Waals surface area contributed by atoms with Crippen molar-refractivity contribution < 1.29 is 9.53 Å². The number of amides is 1. The van der Waals surface area contributed by atoms with Crippen molar-refractivity contribution >= 4 is 12.0 Å². The number of hydrogen-bond donors (Lipinski definition) is 0. The molecule has 1 aromatic carbocycles. The molecular weight excluding hydrogens is 288 g/mol. The van der Waals surface area contributed by atoms with Gasteiger partial charge >= 0.3 is 0 Å². The van der Waals surface area contributed by atoms with Crippen molar-refractivity contribution in [1.29, 1.82) is 0 Å². The van der Waals surface area contributed by atoms with Gasteiger partial charge in [0, 0.05) is 32.8 Å². The molecule has 1 saturated heterocycles. The fraction of sp³-hybridized carbons (Fsp3) is 0.526. The highest BCUT2D eigenvalue weighted by atomic mass is 16.5. The number of piperazine rings is 1. The summed E-state index contributed by atoms with van der Waals surface area (Å²) in [5, 5.41) is 0. The number of carbonyl (C=O) groups excluding carboxylic acids is 1. The second kappa shape index (κ2) is 8.27. The van der Waals surface area contributed by atoms with Crippen LogP contribution in [0.15, 0.2) is 29.8 Å². The van der Waals surface area contributed by atoms with E-state index in [1.165, 1.54) is 16.7 Å². The van der Waals surface area contributed by atoms with Crippen molar-refractivity contribution in [3.05, 3.63) is 41.0 Å². The van der Waals surface area contributed by atoms with Gasteiger partial charge < -0.3 is 9.64 Å². The van der Waals surface area contributed by atoms with Crippen LogP contribution in [0.3, 0.4) is 0 Å². The van der Waals surface area contributed by atoms with E-state index in [1.54, 1.807) is 7.11 Å². The molecule has 0 aromatic heterocycles. The first-order chi connectivity index (χ1) is 11.0. The van der Waals surface area contributed by atoms with Crippen LogP contribution in [0.5, 0.6) is 0 Å². The highest BCUT2D eigenvalue weighted by Crippen LogP contribution is 2.16. The van der Waals surface area contributed by atoms with Crippen LogP contribution >= 0.6 is 0 Å². The molecule has 1 aliphatic rings. The van der Waals surface area contributed by atoms with Crippen LogP contribution in [0.4, 0.5) is 0 Å². The minimum absolute atomic E-state index is 0.235. The van der Waals surface area contributed by atoms with Crippen molar-refractivity contribution in [2.45, 2.75) is 33.4 Å². The Bertz CT molecular complexity index is 566. The average molecular weight is 316 g/mol. The lowest BCUT2D eigenvalue weighted by atomic mass is 10.1. The summed E-state index contributed by atoms with van der Waals surface area (Å²) in [6.07, 6.45) is 2.20. The van der Waals surface area contributed by atoms with Crippen LogP contribution in [-0.2, 0) is 16.1 Å². The number of ether oxygens (including phenoxy) is 1. The molecule has 0 bridgehead atoms. The molecule has 0 unspecified atom stereocenters. The minimum atomic E-state index is 0.235. The lowest BCUT2D eigenvalue weighted by Crippen LogP contribution is -2.52. The average Bonchev–Trinajstić information content (AvgIpc) is 2.49. The second-order valence-electron chi connectivity index (χ2n) is 6.51. The highest BCUT2D eigenvalue weighted by Gasteiger charge is 2.25. The Morgan fingerprint density at radius 1 is 1.30 bits per heavy atom. The quantitative estimate of drug-likeness (QED) is 0.809. The first-order valence-electron chi connectivity index (χ1n) is 8.27.